The Morgan fingerprint density at radius 2 is 2.33 bits per heavy atom. The van der Waals surface area contributed by atoms with Gasteiger partial charge in [0.15, 0.2) is 0 Å². The number of alkyl halides is 2. The average molecular weight is 219 g/mol. The maximum atomic E-state index is 11.9. The Bertz CT molecular complexity index is 291. The smallest absolute Gasteiger partial charge is 0.265 e. The standard InChI is InChI=1S/C9H15F2N3O/c1-7-13-3-5-14(7)4-2-12-6-8(15)9(10)11/h3,5,8-9,12,15H,2,4,6H2,1H3. The van der Waals surface area contributed by atoms with E-state index >= 15 is 0 Å². The molecular formula is C9H15F2N3O. The Morgan fingerprint density at radius 3 is 2.87 bits per heavy atom. The largest absolute Gasteiger partial charge is 0.386 e. The van der Waals surface area contributed by atoms with Crippen LogP contribution in [0, 0.1) is 6.92 Å². The molecule has 15 heavy (non-hydrogen) atoms. The Hall–Kier alpha value is -1.01. The fourth-order valence-electron chi connectivity index (χ4n) is 1.18. The Balaban J connectivity index is 2.15. The van der Waals surface area contributed by atoms with E-state index in [2.05, 4.69) is 10.3 Å². The molecule has 0 fully saturated rings. The van der Waals surface area contributed by atoms with E-state index in [1.807, 2.05) is 17.7 Å². The van der Waals surface area contributed by atoms with Crippen LogP contribution in [0.2, 0.25) is 0 Å². The molecule has 6 heteroatoms. The summed E-state index contributed by atoms with van der Waals surface area (Å²) in [6.45, 7) is 2.96. The van der Waals surface area contributed by atoms with Crippen LogP contribution < -0.4 is 5.32 Å². The lowest BCUT2D eigenvalue weighted by Crippen LogP contribution is -2.33. The molecule has 0 bridgehead atoms. The molecule has 1 aromatic heterocycles. The van der Waals surface area contributed by atoms with E-state index in [4.69, 9.17) is 5.11 Å². The molecule has 0 aliphatic carbocycles. The summed E-state index contributed by atoms with van der Waals surface area (Å²) in [6, 6.07) is 0. The van der Waals surface area contributed by atoms with Crippen molar-refractivity contribution >= 4 is 0 Å². The first-order chi connectivity index (χ1) is 7.11. The van der Waals surface area contributed by atoms with Gasteiger partial charge in [0.25, 0.3) is 6.43 Å². The van der Waals surface area contributed by atoms with Gasteiger partial charge in [0.05, 0.1) is 0 Å². The van der Waals surface area contributed by atoms with Crippen LogP contribution in [0.15, 0.2) is 12.4 Å². The van der Waals surface area contributed by atoms with Gasteiger partial charge in [0.1, 0.15) is 11.9 Å². The number of halogens is 2. The normalized spacial score (nSPS) is 13.4. The fraction of sp³-hybridized carbons (Fsp3) is 0.667. The Morgan fingerprint density at radius 1 is 1.60 bits per heavy atom. The summed E-state index contributed by atoms with van der Waals surface area (Å²) in [6.07, 6.45) is -0.773. The van der Waals surface area contributed by atoms with E-state index < -0.39 is 12.5 Å². The molecule has 0 radical (unpaired) electrons. The summed E-state index contributed by atoms with van der Waals surface area (Å²) in [5.74, 6) is 0.881. The quantitative estimate of drug-likeness (QED) is 0.681. The van der Waals surface area contributed by atoms with Gasteiger partial charge in [-0.15, -0.1) is 0 Å². The summed E-state index contributed by atoms with van der Waals surface area (Å²) >= 11 is 0. The van der Waals surface area contributed by atoms with Crippen LogP contribution in [0.3, 0.4) is 0 Å². The highest BCUT2D eigenvalue weighted by Crippen LogP contribution is 1.98. The molecule has 4 nitrogen and oxygen atoms in total. The molecule has 86 valence electrons. The van der Waals surface area contributed by atoms with Gasteiger partial charge in [-0.1, -0.05) is 0 Å². The van der Waals surface area contributed by atoms with Crippen LogP contribution in [-0.2, 0) is 6.54 Å². The highest BCUT2D eigenvalue weighted by molar-refractivity contribution is 4.88. The second-order valence-electron chi connectivity index (χ2n) is 3.27. The molecule has 1 atom stereocenters. The van der Waals surface area contributed by atoms with Crippen molar-refractivity contribution in [2.45, 2.75) is 26.0 Å². The molecule has 0 saturated carbocycles. The fourth-order valence-corrected chi connectivity index (χ4v) is 1.18. The lowest BCUT2D eigenvalue weighted by molar-refractivity contribution is -0.00322. The second-order valence-corrected chi connectivity index (χ2v) is 3.27. The van der Waals surface area contributed by atoms with Gasteiger partial charge >= 0.3 is 0 Å². The molecule has 2 N–H and O–H groups in total. The Labute approximate surface area is 86.9 Å². The zero-order valence-corrected chi connectivity index (χ0v) is 8.53. The third-order valence-corrected chi connectivity index (χ3v) is 2.10. The molecular weight excluding hydrogens is 204 g/mol. The van der Waals surface area contributed by atoms with Crippen molar-refractivity contribution in [3.8, 4) is 0 Å². The van der Waals surface area contributed by atoms with Crippen molar-refractivity contribution in [3.05, 3.63) is 18.2 Å². The number of aromatic nitrogens is 2. The highest BCUT2D eigenvalue weighted by atomic mass is 19.3. The van der Waals surface area contributed by atoms with Crippen molar-refractivity contribution < 1.29 is 13.9 Å². The number of hydrogen-bond donors (Lipinski definition) is 2. The SMILES string of the molecule is Cc1nccn1CCNCC(O)C(F)F. The van der Waals surface area contributed by atoms with E-state index in [0.717, 1.165) is 5.82 Å². The minimum Gasteiger partial charge on any atom is -0.386 e. The summed E-state index contributed by atoms with van der Waals surface area (Å²) < 4.78 is 25.7. The molecule has 0 amide bonds. The van der Waals surface area contributed by atoms with Crippen LogP contribution >= 0.6 is 0 Å². The first-order valence-electron chi connectivity index (χ1n) is 4.76. The third kappa shape index (κ3) is 3.93. The Kier molecular flexibility index (Phi) is 4.64. The molecule has 0 saturated heterocycles. The van der Waals surface area contributed by atoms with E-state index in [-0.39, 0.29) is 6.54 Å². The van der Waals surface area contributed by atoms with E-state index in [0.29, 0.717) is 13.1 Å². The van der Waals surface area contributed by atoms with Gasteiger partial charge in [0, 0.05) is 32.0 Å². The number of nitrogens with one attached hydrogen (secondary N) is 1. The summed E-state index contributed by atoms with van der Waals surface area (Å²) in [7, 11) is 0. The van der Waals surface area contributed by atoms with Crippen molar-refractivity contribution in [3.63, 3.8) is 0 Å². The topological polar surface area (TPSA) is 50.1 Å². The van der Waals surface area contributed by atoms with Crippen molar-refractivity contribution in [1.29, 1.82) is 0 Å². The van der Waals surface area contributed by atoms with Gasteiger partial charge in [-0.2, -0.15) is 0 Å². The molecule has 1 aromatic rings. The van der Waals surface area contributed by atoms with Crippen LogP contribution in [0.1, 0.15) is 5.82 Å². The van der Waals surface area contributed by atoms with E-state index in [1.54, 1.807) is 6.20 Å². The second kappa shape index (κ2) is 5.77. The molecule has 1 rings (SSSR count). The maximum Gasteiger partial charge on any atom is 0.265 e. The van der Waals surface area contributed by atoms with Crippen LogP contribution in [-0.4, -0.2) is 40.3 Å². The van der Waals surface area contributed by atoms with Crippen molar-refractivity contribution in [2.24, 2.45) is 0 Å². The first kappa shape index (κ1) is 12.1. The van der Waals surface area contributed by atoms with Crippen LogP contribution in [0.25, 0.3) is 0 Å². The predicted octanol–water partition coefficient (Wildman–Crippen LogP) is 0.407. The minimum absolute atomic E-state index is 0.0919. The number of aryl methyl sites for hydroxylation is 1. The van der Waals surface area contributed by atoms with Crippen LogP contribution in [0.4, 0.5) is 8.78 Å². The van der Waals surface area contributed by atoms with E-state index in [9.17, 15) is 8.78 Å². The zero-order chi connectivity index (χ0) is 11.3. The lowest BCUT2D eigenvalue weighted by atomic mass is 10.3. The third-order valence-electron chi connectivity index (χ3n) is 2.10. The summed E-state index contributed by atoms with van der Waals surface area (Å²) in [4.78, 5) is 4.02. The molecule has 0 aromatic carbocycles. The number of nitrogens with zero attached hydrogens (tertiary/aromatic N) is 2. The molecule has 0 spiro atoms. The molecule has 0 aliphatic heterocycles. The van der Waals surface area contributed by atoms with Crippen LogP contribution in [0.5, 0.6) is 0 Å². The number of hydrogen-bond acceptors (Lipinski definition) is 3. The zero-order valence-electron chi connectivity index (χ0n) is 8.53. The predicted molar refractivity (Wildman–Crippen MR) is 51.8 cm³/mol. The number of aliphatic hydroxyl groups is 1. The first-order valence-corrected chi connectivity index (χ1v) is 4.76. The lowest BCUT2D eigenvalue weighted by Gasteiger charge is -2.11. The highest BCUT2D eigenvalue weighted by Gasteiger charge is 2.15. The van der Waals surface area contributed by atoms with Gasteiger partial charge in [-0.3, -0.25) is 0 Å². The van der Waals surface area contributed by atoms with Crippen molar-refractivity contribution in [1.82, 2.24) is 14.9 Å². The summed E-state index contributed by atoms with van der Waals surface area (Å²) in [5.41, 5.74) is 0. The molecule has 1 unspecified atom stereocenters. The number of aliphatic hydroxyl groups excluding tert-OH is 1. The number of imidazole rings is 1. The average Bonchev–Trinajstić information content (AvgIpc) is 2.58. The van der Waals surface area contributed by atoms with Crippen molar-refractivity contribution in [2.75, 3.05) is 13.1 Å². The molecule has 1 heterocycles. The monoisotopic (exact) mass is 219 g/mol. The minimum atomic E-state index is -2.69. The summed E-state index contributed by atoms with van der Waals surface area (Å²) in [5, 5.41) is 11.6. The van der Waals surface area contributed by atoms with Gasteiger partial charge in [-0.05, 0) is 6.92 Å². The van der Waals surface area contributed by atoms with E-state index in [1.165, 1.54) is 0 Å². The van der Waals surface area contributed by atoms with Gasteiger partial charge in [0.2, 0.25) is 0 Å². The maximum absolute atomic E-state index is 11.9. The molecule has 0 aliphatic rings. The van der Waals surface area contributed by atoms with Gasteiger partial charge in [-0.25, -0.2) is 13.8 Å². The van der Waals surface area contributed by atoms with Gasteiger partial charge < -0.3 is 15.0 Å². The number of rotatable bonds is 6.